The maximum Gasteiger partial charge on any atom is 0.143 e. The van der Waals surface area contributed by atoms with Crippen LogP contribution in [0.5, 0.6) is 0 Å². The molecular formula is C14H20N4O. The summed E-state index contributed by atoms with van der Waals surface area (Å²) in [6.07, 6.45) is 5.99. The zero-order valence-corrected chi connectivity index (χ0v) is 11.5. The Balaban J connectivity index is 1.84. The average molecular weight is 260 g/mol. The van der Waals surface area contributed by atoms with Gasteiger partial charge in [0.05, 0.1) is 5.39 Å². The molecule has 1 aliphatic rings. The lowest BCUT2D eigenvalue weighted by Gasteiger charge is -2.32. The second kappa shape index (κ2) is 5.17. The van der Waals surface area contributed by atoms with Crippen molar-refractivity contribution in [3.8, 4) is 0 Å². The predicted octanol–water partition coefficient (Wildman–Crippen LogP) is 2.13. The number of rotatable bonds is 3. The van der Waals surface area contributed by atoms with Crippen molar-refractivity contribution in [2.75, 3.05) is 31.7 Å². The summed E-state index contributed by atoms with van der Waals surface area (Å²) in [6, 6.07) is 0. The Kier molecular flexibility index (Phi) is 3.38. The van der Waals surface area contributed by atoms with Gasteiger partial charge in [-0.2, -0.15) is 0 Å². The molecule has 5 nitrogen and oxygen atoms in total. The third kappa shape index (κ3) is 2.30. The van der Waals surface area contributed by atoms with E-state index in [1.165, 1.54) is 18.4 Å². The number of methoxy groups -OCH3 is 1. The maximum absolute atomic E-state index is 5.25. The highest BCUT2D eigenvalue weighted by molar-refractivity contribution is 5.90. The van der Waals surface area contributed by atoms with Gasteiger partial charge in [-0.15, -0.1) is 0 Å². The smallest absolute Gasteiger partial charge is 0.143 e. The van der Waals surface area contributed by atoms with Crippen LogP contribution in [0.4, 0.5) is 5.82 Å². The first-order valence-corrected chi connectivity index (χ1v) is 6.82. The van der Waals surface area contributed by atoms with Crippen molar-refractivity contribution in [1.82, 2.24) is 15.0 Å². The highest BCUT2D eigenvalue weighted by atomic mass is 16.5. The Bertz CT molecular complexity index is 558. The molecule has 2 aromatic heterocycles. The number of nitrogens with one attached hydrogen (secondary N) is 1. The molecule has 2 aromatic rings. The molecule has 0 amide bonds. The first kappa shape index (κ1) is 12.4. The summed E-state index contributed by atoms with van der Waals surface area (Å²) in [5.74, 6) is 1.76. The van der Waals surface area contributed by atoms with Gasteiger partial charge in [0, 0.05) is 33.0 Å². The molecule has 3 heterocycles. The van der Waals surface area contributed by atoms with Crippen LogP contribution in [0.25, 0.3) is 11.0 Å². The topological polar surface area (TPSA) is 54.0 Å². The van der Waals surface area contributed by atoms with E-state index in [9.17, 15) is 0 Å². The molecule has 0 unspecified atom stereocenters. The molecule has 0 saturated carbocycles. The number of aromatic nitrogens is 3. The van der Waals surface area contributed by atoms with Crippen LogP contribution in [0, 0.1) is 12.8 Å². The third-order valence-corrected chi connectivity index (χ3v) is 3.96. The van der Waals surface area contributed by atoms with Crippen molar-refractivity contribution in [2.45, 2.75) is 19.8 Å². The molecule has 102 valence electrons. The summed E-state index contributed by atoms with van der Waals surface area (Å²) in [6.45, 7) is 5.06. The molecule has 0 atom stereocenters. The number of ether oxygens (including phenoxy) is 1. The minimum Gasteiger partial charge on any atom is -0.384 e. The quantitative estimate of drug-likeness (QED) is 0.918. The van der Waals surface area contributed by atoms with Crippen LogP contribution in [-0.2, 0) is 4.74 Å². The fourth-order valence-corrected chi connectivity index (χ4v) is 2.88. The van der Waals surface area contributed by atoms with Crippen LogP contribution in [0.3, 0.4) is 0 Å². The van der Waals surface area contributed by atoms with Gasteiger partial charge in [0.15, 0.2) is 0 Å². The van der Waals surface area contributed by atoms with Gasteiger partial charge in [0.1, 0.15) is 17.8 Å². The van der Waals surface area contributed by atoms with Crippen molar-refractivity contribution in [3.63, 3.8) is 0 Å². The van der Waals surface area contributed by atoms with E-state index in [0.29, 0.717) is 5.92 Å². The second-order valence-corrected chi connectivity index (χ2v) is 5.28. The van der Waals surface area contributed by atoms with E-state index >= 15 is 0 Å². The number of aryl methyl sites for hydroxylation is 1. The lowest BCUT2D eigenvalue weighted by Crippen LogP contribution is -2.35. The van der Waals surface area contributed by atoms with Crippen molar-refractivity contribution in [2.24, 2.45) is 5.92 Å². The third-order valence-electron chi connectivity index (χ3n) is 3.96. The van der Waals surface area contributed by atoms with Crippen LogP contribution in [-0.4, -0.2) is 41.8 Å². The van der Waals surface area contributed by atoms with E-state index in [-0.39, 0.29) is 0 Å². The van der Waals surface area contributed by atoms with Gasteiger partial charge in [-0.1, -0.05) is 0 Å². The van der Waals surface area contributed by atoms with E-state index in [1.807, 2.05) is 6.20 Å². The van der Waals surface area contributed by atoms with E-state index in [0.717, 1.165) is 36.5 Å². The zero-order valence-electron chi connectivity index (χ0n) is 11.5. The van der Waals surface area contributed by atoms with E-state index in [1.54, 1.807) is 13.4 Å². The standard InChI is InChI=1S/C14H20N4O/c1-10-7-15-13-12(10)14(17-9-16-13)18-5-3-11(4-6-18)8-19-2/h7,9,11H,3-6,8H2,1-2H3,(H,15,16,17). The summed E-state index contributed by atoms with van der Waals surface area (Å²) < 4.78 is 5.25. The Morgan fingerprint density at radius 1 is 1.37 bits per heavy atom. The van der Waals surface area contributed by atoms with E-state index < -0.39 is 0 Å². The number of nitrogens with zero attached hydrogens (tertiary/aromatic N) is 3. The van der Waals surface area contributed by atoms with Gasteiger partial charge in [-0.05, 0) is 31.2 Å². The van der Waals surface area contributed by atoms with Gasteiger partial charge in [0.2, 0.25) is 0 Å². The van der Waals surface area contributed by atoms with E-state index in [4.69, 9.17) is 4.74 Å². The number of piperidine rings is 1. The van der Waals surface area contributed by atoms with Gasteiger partial charge in [-0.3, -0.25) is 0 Å². The van der Waals surface area contributed by atoms with Crippen molar-refractivity contribution < 1.29 is 4.74 Å². The normalized spacial score (nSPS) is 17.3. The van der Waals surface area contributed by atoms with Crippen LogP contribution in [0.15, 0.2) is 12.5 Å². The molecule has 5 heteroatoms. The SMILES string of the molecule is COCC1CCN(c2ncnc3[nH]cc(C)c23)CC1. The number of hydrogen-bond acceptors (Lipinski definition) is 4. The van der Waals surface area contributed by atoms with Crippen LogP contribution in [0.1, 0.15) is 18.4 Å². The molecule has 0 aromatic carbocycles. The molecule has 1 N–H and O–H groups in total. The highest BCUT2D eigenvalue weighted by Gasteiger charge is 2.22. The van der Waals surface area contributed by atoms with Crippen molar-refractivity contribution in [3.05, 3.63) is 18.1 Å². The Morgan fingerprint density at radius 3 is 2.89 bits per heavy atom. The molecule has 0 bridgehead atoms. The number of aromatic amines is 1. The molecule has 0 radical (unpaired) electrons. The van der Waals surface area contributed by atoms with Crippen LogP contribution in [0.2, 0.25) is 0 Å². The Morgan fingerprint density at radius 2 is 2.16 bits per heavy atom. The van der Waals surface area contributed by atoms with Crippen molar-refractivity contribution in [1.29, 1.82) is 0 Å². The van der Waals surface area contributed by atoms with Crippen molar-refractivity contribution >= 4 is 16.9 Å². The molecule has 1 fully saturated rings. The van der Waals surface area contributed by atoms with Crippen LogP contribution >= 0.6 is 0 Å². The number of hydrogen-bond donors (Lipinski definition) is 1. The van der Waals surface area contributed by atoms with E-state index in [2.05, 4.69) is 26.8 Å². The highest BCUT2D eigenvalue weighted by Crippen LogP contribution is 2.29. The predicted molar refractivity (Wildman–Crippen MR) is 75.4 cm³/mol. The van der Waals surface area contributed by atoms with Gasteiger partial charge < -0.3 is 14.6 Å². The molecule has 3 rings (SSSR count). The maximum atomic E-state index is 5.25. The molecular weight excluding hydrogens is 240 g/mol. The summed E-state index contributed by atoms with van der Waals surface area (Å²) in [5.41, 5.74) is 2.14. The number of fused-ring (bicyclic) bond motifs is 1. The average Bonchev–Trinajstić information content (AvgIpc) is 2.82. The van der Waals surface area contributed by atoms with Gasteiger partial charge in [0.25, 0.3) is 0 Å². The summed E-state index contributed by atoms with van der Waals surface area (Å²) in [5, 5.41) is 1.16. The lowest BCUT2D eigenvalue weighted by atomic mass is 9.97. The minimum atomic E-state index is 0.686. The second-order valence-electron chi connectivity index (χ2n) is 5.28. The molecule has 19 heavy (non-hydrogen) atoms. The molecule has 0 spiro atoms. The molecule has 0 aliphatic carbocycles. The fourth-order valence-electron chi connectivity index (χ4n) is 2.88. The first-order valence-electron chi connectivity index (χ1n) is 6.82. The lowest BCUT2D eigenvalue weighted by molar-refractivity contribution is 0.139. The Labute approximate surface area is 113 Å². The van der Waals surface area contributed by atoms with Gasteiger partial charge >= 0.3 is 0 Å². The molecule has 1 saturated heterocycles. The monoisotopic (exact) mass is 260 g/mol. The number of H-pyrrole nitrogens is 1. The van der Waals surface area contributed by atoms with Crippen LogP contribution < -0.4 is 4.90 Å². The fraction of sp³-hybridized carbons (Fsp3) is 0.571. The summed E-state index contributed by atoms with van der Waals surface area (Å²) in [4.78, 5) is 14.4. The largest absolute Gasteiger partial charge is 0.384 e. The zero-order chi connectivity index (χ0) is 13.2. The summed E-state index contributed by atoms with van der Waals surface area (Å²) >= 11 is 0. The number of anilines is 1. The minimum absolute atomic E-state index is 0.686. The first-order chi connectivity index (χ1) is 9.29. The summed E-state index contributed by atoms with van der Waals surface area (Å²) in [7, 11) is 1.78. The molecule has 1 aliphatic heterocycles. The Hall–Kier alpha value is -1.62. The van der Waals surface area contributed by atoms with Gasteiger partial charge in [-0.25, -0.2) is 9.97 Å².